The molecule has 0 saturated heterocycles. The zero-order valence-electron chi connectivity index (χ0n) is 13.6. The number of rotatable bonds is 6. The van der Waals surface area contributed by atoms with Gasteiger partial charge in [-0.2, -0.15) is 0 Å². The lowest BCUT2D eigenvalue weighted by Crippen LogP contribution is -2.29. The van der Waals surface area contributed by atoms with E-state index in [1.54, 1.807) is 19.2 Å². The SMILES string of the molecule is COc1ccc(CN(C)CC(=O)Nc2nc(C)c(C)s2)cc1F. The van der Waals surface area contributed by atoms with Gasteiger partial charge in [-0.25, -0.2) is 9.37 Å². The van der Waals surface area contributed by atoms with Gasteiger partial charge in [0.1, 0.15) is 0 Å². The standard InChI is InChI=1S/C16H20FN3O2S/c1-10-11(2)23-16(18-10)19-15(21)9-20(3)8-12-5-6-14(22-4)13(17)7-12/h5-7H,8-9H2,1-4H3,(H,18,19,21). The van der Waals surface area contributed by atoms with Gasteiger partial charge in [-0.15, -0.1) is 11.3 Å². The summed E-state index contributed by atoms with van der Waals surface area (Å²) in [5.74, 6) is -0.338. The first-order chi connectivity index (χ1) is 10.9. The lowest BCUT2D eigenvalue weighted by atomic mass is 10.2. The first-order valence-corrected chi connectivity index (χ1v) is 7.95. The number of carbonyl (C=O) groups is 1. The van der Waals surface area contributed by atoms with E-state index >= 15 is 0 Å². The number of aromatic nitrogens is 1. The van der Waals surface area contributed by atoms with Gasteiger partial charge in [-0.3, -0.25) is 9.69 Å². The van der Waals surface area contributed by atoms with Crippen LogP contribution >= 0.6 is 11.3 Å². The summed E-state index contributed by atoms with van der Waals surface area (Å²) in [4.78, 5) is 19.2. The minimum Gasteiger partial charge on any atom is -0.494 e. The number of aryl methyl sites for hydroxylation is 2. The fourth-order valence-corrected chi connectivity index (χ4v) is 2.94. The van der Waals surface area contributed by atoms with Crippen molar-refractivity contribution in [3.05, 3.63) is 40.2 Å². The van der Waals surface area contributed by atoms with E-state index in [0.29, 0.717) is 11.7 Å². The smallest absolute Gasteiger partial charge is 0.240 e. The molecule has 0 unspecified atom stereocenters. The monoisotopic (exact) mass is 337 g/mol. The van der Waals surface area contributed by atoms with Crippen LogP contribution in [-0.2, 0) is 11.3 Å². The van der Waals surface area contributed by atoms with Crippen molar-refractivity contribution in [2.24, 2.45) is 0 Å². The first kappa shape index (κ1) is 17.4. The van der Waals surface area contributed by atoms with Gasteiger partial charge in [0.2, 0.25) is 5.91 Å². The third-order valence-electron chi connectivity index (χ3n) is 3.36. The summed E-state index contributed by atoms with van der Waals surface area (Å²) in [7, 11) is 3.23. The third kappa shape index (κ3) is 4.74. The Morgan fingerprint density at radius 1 is 1.43 bits per heavy atom. The highest BCUT2D eigenvalue weighted by molar-refractivity contribution is 7.15. The molecule has 2 aromatic rings. The lowest BCUT2D eigenvalue weighted by molar-refractivity contribution is -0.117. The number of hydrogen-bond donors (Lipinski definition) is 1. The highest BCUT2D eigenvalue weighted by atomic mass is 32.1. The number of carbonyl (C=O) groups excluding carboxylic acids is 1. The molecule has 5 nitrogen and oxygen atoms in total. The van der Waals surface area contributed by atoms with E-state index in [4.69, 9.17) is 4.74 Å². The van der Waals surface area contributed by atoms with Crippen molar-refractivity contribution in [3.63, 3.8) is 0 Å². The second-order valence-electron chi connectivity index (χ2n) is 5.35. The van der Waals surface area contributed by atoms with E-state index in [0.717, 1.165) is 16.1 Å². The Morgan fingerprint density at radius 3 is 2.74 bits per heavy atom. The maximum absolute atomic E-state index is 13.7. The van der Waals surface area contributed by atoms with Gasteiger partial charge in [0.25, 0.3) is 0 Å². The van der Waals surface area contributed by atoms with Gasteiger partial charge in [0.15, 0.2) is 16.7 Å². The molecule has 0 aliphatic heterocycles. The second kappa shape index (κ2) is 7.52. The van der Waals surface area contributed by atoms with Crippen LogP contribution in [-0.4, -0.2) is 36.5 Å². The Hall–Kier alpha value is -1.99. The number of amides is 1. The average Bonchev–Trinajstić information content (AvgIpc) is 2.76. The lowest BCUT2D eigenvalue weighted by Gasteiger charge is -2.16. The molecule has 0 radical (unpaired) electrons. The molecule has 0 spiro atoms. The van der Waals surface area contributed by atoms with Crippen LogP contribution in [0.15, 0.2) is 18.2 Å². The summed E-state index contributed by atoms with van der Waals surface area (Å²) in [6.07, 6.45) is 0. The number of anilines is 1. The average molecular weight is 337 g/mol. The van der Waals surface area contributed by atoms with Gasteiger partial charge >= 0.3 is 0 Å². The summed E-state index contributed by atoms with van der Waals surface area (Å²) < 4.78 is 18.6. The van der Waals surface area contributed by atoms with Gasteiger partial charge in [0, 0.05) is 11.4 Å². The Morgan fingerprint density at radius 2 is 2.17 bits per heavy atom. The van der Waals surface area contributed by atoms with Crippen LogP contribution in [0.2, 0.25) is 0 Å². The number of ether oxygens (including phenoxy) is 1. The molecular formula is C16H20FN3O2S. The number of hydrogen-bond acceptors (Lipinski definition) is 5. The molecule has 0 saturated carbocycles. The Kier molecular flexibility index (Phi) is 5.68. The number of thiazole rings is 1. The fourth-order valence-electron chi connectivity index (χ4n) is 2.11. The Labute approximate surface area is 139 Å². The van der Waals surface area contributed by atoms with Gasteiger partial charge in [0.05, 0.1) is 19.3 Å². The predicted octanol–water partition coefficient (Wildman–Crippen LogP) is 2.98. The normalized spacial score (nSPS) is 10.9. The van der Waals surface area contributed by atoms with Crippen LogP contribution in [0, 0.1) is 19.7 Å². The molecule has 2 rings (SSSR count). The molecule has 0 fully saturated rings. The van der Waals surface area contributed by atoms with Gasteiger partial charge in [-0.1, -0.05) is 6.07 Å². The summed E-state index contributed by atoms with van der Waals surface area (Å²) in [5.41, 5.74) is 1.70. The number of nitrogens with one attached hydrogen (secondary N) is 1. The van der Waals surface area contributed by atoms with E-state index in [-0.39, 0.29) is 18.2 Å². The summed E-state index contributed by atoms with van der Waals surface area (Å²) >= 11 is 1.45. The zero-order valence-corrected chi connectivity index (χ0v) is 14.5. The largest absolute Gasteiger partial charge is 0.494 e. The molecule has 1 heterocycles. The molecule has 0 atom stereocenters. The topological polar surface area (TPSA) is 54.5 Å². The summed E-state index contributed by atoms with van der Waals surface area (Å²) in [5, 5.41) is 3.39. The Balaban J connectivity index is 1.89. The maximum Gasteiger partial charge on any atom is 0.240 e. The van der Waals surface area contributed by atoms with Crippen LogP contribution in [0.5, 0.6) is 5.75 Å². The van der Waals surface area contributed by atoms with Gasteiger partial charge in [-0.05, 0) is 38.6 Å². The number of benzene rings is 1. The minimum atomic E-state index is -0.406. The van der Waals surface area contributed by atoms with Crippen LogP contribution < -0.4 is 10.1 Å². The van der Waals surface area contributed by atoms with Crippen molar-refractivity contribution < 1.29 is 13.9 Å². The van der Waals surface area contributed by atoms with Crippen molar-refractivity contribution >= 4 is 22.4 Å². The molecule has 1 amide bonds. The number of halogens is 1. The predicted molar refractivity (Wildman–Crippen MR) is 89.5 cm³/mol. The highest BCUT2D eigenvalue weighted by Gasteiger charge is 2.11. The van der Waals surface area contributed by atoms with E-state index in [9.17, 15) is 9.18 Å². The zero-order chi connectivity index (χ0) is 17.0. The van der Waals surface area contributed by atoms with Gasteiger partial charge < -0.3 is 10.1 Å². The van der Waals surface area contributed by atoms with E-state index in [1.165, 1.54) is 24.5 Å². The van der Waals surface area contributed by atoms with Crippen molar-refractivity contribution in [1.29, 1.82) is 0 Å². The molecular weight excluding hydrogens is 317 g/mol. The molecule has 0 aliphatic rings. The quantitative estimate of drug-likeness (QED) is 0.880. The van der Waals surface area contributed by atoms with Crippen LogP contribution in [0.1, 0.15) is 16.1 Å². The van der Waals surface area contributed by atoms with E-state index < -0.39 is 5.82 Å². The Bertz CT molecular complexity index is 683. The van der Waals surface area contributed by atoms with Crippen molar-refractivity contribution in [3.8, 4) is 5.75 Å². The fraction of sp³-hybridized carbons (Fsp3) is 0.375. The molecule has 1 N–H and O–H groups in total. The van der Waals surface area contributed by atoms with Crippen molar-refractivity contribution in [2.75, 3.05) is 26.0 Å². The summed E-state index contributed by atoms with van der Waals surface area (Å²) in [6, 6.07) is 4.78. The number of likely N-dealkylation sites (N-methyl/N-ethyl adjacent to an activating group) is 1. The number of methoxy groups -OCH3 is 1. The highest BCUT2D eigenvalue weighted by Crippen LogP contribution is 2.21. The molecule has 7 heteroatoms. The molecule has 0 aliphatic carbocycles. The molecule has 0 bridgehead atoms. The van der Waals surface area contributed by atoms with Crippen LogP contribution in [0.3, 0.4) is 0 Å². The molecule has 1 aromatic carbocycles. The number of nitrogens with zero attached hydrogens (tertiary/aromatic N) is 2. The van der Waals surface area contributed by atoms with Crippen molar-refractivity contribution in [2.45, 2.75) is 20.4 Å². The van der Waals surface area contributed by atoms with E-state index in [2.05, 4.69) is 10.3 Å². The van der Waals surface area contributed by atoms with Crippen LogP contribution in [0.25, 0.3) is 0 Å². The minimum absolute atomic E-state index is 0.143. The molecule has 124 valence electrons. The van der Waals surface area contributed by atoms with E-state index in [1.807, 2.05) is 18.7 Å². The maximum atomic E-state index is 13.7. The summed E-state index contributed by atoms with van der Waals surface area (Å²) in [6.45, 7) is 4.54. The van der Waals surface area contributed by atoms with Crippen molar-refractivity contribution in [1.82, 2.24) is 9.88 Å². The molecule has 1 aromatic heterocycles. The first-order valence-electron chi connectivity index (χ1n) is 7.14. The third-order valence-corrected chi connectivity index (χ3v) is 4.35. The molecule has 23 heavy (non-hydrogen) atoms. The van der Waals surface area contributed by atoms with Crippen LogP contribution in [0.4, 0.5) is 9.52 Å². The second-order valence-corrected chi connectivity index (χ2v) is 6.55.